The molecule has 1 aromatic rings. The van der Waals surface area contributed by atoms with Gasteiger partial charge in [-0.3, -0.25) is 4.79 Å². The summed E-state index contributed by atoms with van der Waals surface area (Å²) in [4.78, 5) is 12.2. The molecule has 0 radical (unpaired) electrons. The molecule has 2 rings (SSSR count). The first-order chi connectivity index (χ1) is 9.49. The summed E-state index contributed by atoms with van der Waals surface area (Å²) in [5.41, 5.74) is 1.14. The summed E-state index contributed by atoms with van der Waals surface area (Å²) in [6.45, 7) is 7.10. The number of aromatic nitrogens is 2. The fourth-order valence-electron chi connectivity index (χ4n) is 3.00. The predicted molar refractivity (Wildman–Crippen MR) is 86.3 cm³/mol. The van der Waals surface area contributed by atoms with Gasteiger partial charge in [0, 0.05) is 6.54 Å². The molecule has 1 fully saturated rings. The van der Waals surface area contributed by atoms with Crippen molar-refractivity contribution in [1.82, 2.24) is 9.78 Å². The highest BCUT2D eigenvalue weighted by Crippen LogP contribution is 2.41. The molecule has 4 nitrogen and oxygen atoms in total. The third kappa shape index (κ3) is 3.08. The summed E-state index contributed by atoms with van der Waals surface area (Å²) in [7, 11) is 0. The lowest BCUT2D eigenvalue weighted by molar-refractivity contribution is 0.306. The minimum absolute atomic E-state index is 0.0676. The van der Waals surface area contributed by atoms with Gasteiger partial charge in [0.2, 0.25) is 0 Å². The molecule has 0 aliphatic heterocycles. The molecule has 0 spiro atoms. The van der Waals surface area contributed by atoms with E-state index in [9.17, 15) is 4.79 Å². The van der Waals surface area contributed by atoms with Gasteiger partial charge in [0.15, 0.2) is 0 Å². The van der Waals surface area contributed by atoms with Crippen LogP contribution in [0.5, 0.6) is 0 Å². The molecular formula is C15H24BrN3O. The lowest BCUT2D eigenvalue weighted by Gasteiger charge is -2.28. The normalized spacial score (nSPS) is 17.6. The summed E-state index contributed by atoms with van der Waals surface area (Å²) >= 11 is 3.41. The van der Waals surface area contributed by atoms with Crippen LogP contribution in [-0.2, 0) is 0 Å². The van der Waals surface area contributed by atoms with Crippen molar-refractivity contribution < 1.29 is 0 Å². The number of hydrogen-bond donors (Lipinski definition) is 1. The molecule has 1 aromatic heterocycles. The fourth-order valence-corrected chi connectivity index (χ4v) is 3.42. The number of nitrogens with one attached hydrogen (secondary N) is 1. The molecule has 5 heteroatoms. The Hall–Kier alpha value is -0.840. The SMILES string of the molecule is CCC1(CNc2cnn(C(C)C)c(=O)c2Br)CCCC1. The summed E-state index contributed by atoms with van der Waals surface area (Å²) in [5.74, 6) is 0. The van der Waals surface area contributed by atoms with E-state index in [4.69, 9.17) is 0 Å². The van der Waals surface area contributed by atoms with Crippen molar-refractivity contribution in [2.45, 2.75) is 58.9 Å². The van der Waals surface area contributed by atoms with Crippen molar-refractivity contribution in [3.05, 3.63) is 21.0 Å². The Kier molecular flexibility index (Phi) is 4.89. The number of halogens is 1. The van der Waals surface area contributed by atoms with Crippen LogP contribution in [0.1, 0.15) is 58.9 Å². The molecule has 0 saturated heterocycles. The van der Waals surface area contributed by atoms with Gasteiger partial charge in [-0.2, -0.15) is 5.10 Å². The van der Waals surface area contributed by atoms with E-state index in [-0.39, 0.29) is 11.6 Å². The number of rotatable bonds is 5. The third-order valence-corrected chi connectivity index (χ3v) is 5.27. The van der Waals surface area contributed by atoms with E-state index >= 15 is 0 Å². The Balaban J connectivity index is 2.14. The van der Waals surface area contributed by atoms with Crippen molar-refractivity contribution in [1.29, 1.82) is 0 Å². The van der Waals surface area contributed by atoms with Crippen molar-refractivity contribution in [3.8, 4) is 0 Å². The van der Waals surface area contributed by atoms with Crippen LogP contribution in [0.25, 0.3) is 0 Å². The molecule has 1 saturated carbocycles. The maximum absolute atomic E-state index is 12.2. The van der Waals surface area contributed by atoms with E-state index in [2.05, 4.69) is 33.3 Å². The van der Waals surface area contributed by atoms with Gasteiger partial charge in [-0.1, -0.05) is 19.8 Å². The molecule has 0 atom stereocenters. The molecule has 1 N–H and O–H groups in total. The van der Waals surface area contributed by atoms with Crippen LogP contribution in [0.3, 0.4) is 0 Å². The van der Waals surface area contributed by atoms with E-state index in [0.717, 1.165) is 12.2 Å². The second-order valence-corrected chi connectivity index (χ2v) is 6.92. The van der Waals surface area contributed by atoms with Gasteiger partial charge in [-0.25, -0.2) is 4.68 Å². The lowest BCUT2D eigenvalue weighted by atomic mass is 9.83. The van der Waals surface area contributed by atoms with Gasteiger partial charge in [-0.15, -0.1) is 0 Å². The molecule has 1 aliphatic rings. The van der Waals surface area contributed by atoms with Crippen molar-refractivity contribution >= 4 is 21.6 Å². The zero-order valence-corrected chi connectivity index (χ0v) is 14.2. The Bertz CT molecular complexity index is 518. The van der Waals surface area contributed by atoms with Gasteiger partial charge in [0.05, 0.1) is 17.9 Å². The van der Waals surface area contributed by atoms with E-state index in [1.807, 2.05) is 13.8 Å². The molecule has 20 heavy (non-hydrogen) atoms. The molecule has 0 bridgehead atoms. The predicted octanol–water partition coefficient (Wildman–Crippen LogP) is 3.97. The molecule has 1 heterocycles. The minimum atomic E-state index is -0.0676. The highest BCUT2D eigenvalue weighted by molar-refractivity contribution is 9.10. The highest BCUT2D eigenvalue weighted by Gasteiger charge is 2.31. The first-order valence-electron chi connectivity index (χ1n) is 7.50. The molecule has 0 amide bonds. The molecular weight excluding hydrogens is 318 g/mol. The van der Waals surface area contributed by atoms with Crippen molar-refractivity contribution in [2.75, 3.05) is 11.9 Å². The Morgan fingerprint density at radius 2 is 2.10 bits per heavy atom. The van der Waals surface area contributed by atoms with Gasteiger partial charge < -0.3 is 5.32 Å². The fraction of sp³-hybridized carbons (Fsp3) is 0.733. The quantitative estimate of drug-likeness (QED) is 0.881. The maximum Gasteiger partial charge on any atom is 0.283 e. The average Bonchev–Trinajstić information content (AvgIpc) is 2.89. The number of anilines is 1. The van der Waals surface area contributed by atoms with Crippen LogP contribution in [0, 0.1) is 5.41 Å². The maximum atomic E-state index is 12.2. The highest BCUT2D eigenvalue weighted by atomic mass is 79.9. The summed E-state index contributed by atoms with van der Waals surface area (Å²) in [5, 5.41) is 7.67. The summed E-state index contributed by atoms with van der Waals surface area (Å²) < 4.78 is 2.09. The van der Waals surface area contributed by atoms with E-state index in [1.165, 1.54) is 36.8 Å². The van der Waals surface area contributed by atoms with Crippen LogP contribution in [0.2, 0.25) is 0 Å². The van der Waals surface area contributed by atoms with Crippen LogP contribution in [0.15, 0.2) is 15.5 Å². The zero-order valence-electron chi connectivity index (χ0n) is 12.6. The van der Waals surface area contributed by atoms with Crippen molar-refractivity contribution in [3.63, 3.8) is 0 Å². The zero-order chi connectivity index (χ0) is 14.8. The number of nitrogens with zero attached hydrogens (tertiary/aromatic N) is 2. The Morgan fingerprint density at radius 1 is 1.45 bits per heavy atom. The number of hydrogen-bond acceptors (Lipinski definition) is 3. The van der Waals surface area contributed by atoms with E-state index in [0.29, 0.717) is 9.89 Å². The van der Waals surface area contributed by atoms with Crippen LogP contribution >= 0.6 is 15.9 Å². The van der Waals surface area contributed by atoms with Crippen LogP contribution < -0.4 is 10.9 Å². The van der Waals surface area contributed by atoms with Gasteiger partial charge in [0.1, 0.15) is 4.47 Å². The second-order valence-electron chi connectivity index (χ2n) is 6.13. The first-order valence-corrected chi connectivity index (χ1v) is 8.29. The van der Waals surface area contributed by atoms with E-state index in [1.54, 1.807) is 6.20 Å². The molecule has 112 valence electrons. The first kappa shape index (κ1) is 15.5. The molecule has 1 aliphatic carbocycles. The Morgan fingerprint density at radius 3 is 2.65 bits per heavy atom. The minimum Gasteiger partial charge on any atom is -0.382 e. The second kappa shape index (κ2) is 6.29. The average molecular weight is 342 g/mol. The van der Waals surface area contributed by atoms with Gasteiger partial charge >= 0.3 is 0 Å². The third-order valence-electron chi connectivity index (χ3n) is 4.50. The van der Waals surface area contributed by atoms with Gasteiger partial charge in [0.25, 0.3) is 5.56 Å². The Labute approximate surface area is 129 Å². The molecule has 0 unspecified atom stereocenters. The molecule has 0 aromatic carbocycles. The summed E-state index contributed by atoms with van der Waals surface area (Å²) in [6.07, 6.45) is 8.15. The standard InChI is InChI=1S/C15H24BrN3O/c1-4-15(7-5-6-8-15)10-17-12-9-18-19(11(2)3)14(20)13(12)16/h9,11,17H,4-8,10H2,1-3H3. The smallest absolute Gasteiger partial charge is 0.283 e. The lowest BCUT2D eigenvalue weighted by Crippen LogP contribution is -2.29. The largest absolute Gasteiger partial charge is 0.382 e. The topological polar surface area (TPSA) is 46.9 Å². The monoisotopic (exact) mass is 341 g/mol. The van der Waals surface area contributed by atoms with Crippen molar-refractivity contribution in [2.24, 2.45) is 5.41 Å². The van der Waals surface area contributed by atoms with E-state index < -0.39 is 0 Å². The van der Waals surface area contributed by atoms with Crippen LogP contribution in [-0.4, -0.2) is 16.3 Å². The van der Waals surface area contributed by atoms with Gasteiger partial charge in [-0.05, 0) is 54.5 Å². The summed E-state index contributed by atoms with van der Waals surface area (Å²) in [6, 6.07) is 0.0738. The van der Waals surface area contributed by atoms with Crippen LogP contribution in [0.4, 0.5) is 5.69 Å².